The number of carbonyl (C=O) groups is 1. The molecular weight excluding hydrogens is 324 g/mol. The number of aryl methyl sites for hydroxylation is 1. The number of pyridine rings is 1. The molecule has 1 atom stereocenters. The van der Waals surface area contributed by atoms with Crippen molar-refractivity contribution in [3.8, 4) is 0 Å². The van der Waals surface area contributed by atoms with Crippen molar-refractivity contribution in [1.82, 2.24) is 4.98 Å². The van der Waals surface area contributed by atoms with Crippen LogP contribution in [0.2, 0.25) is 0 Å². The number of hydrogen-bond donors (Lipinski definition) is 2. The molecule has 0 saturated carbocycles. The average Bonchev–Trinajstić information content (AvgIpc) is 2.62. The molecule has 1 aliphatic rings. The Hall–Kier alpha value is -2.56. The maximum absolute atomic E-state index is 12.3. The summed E-state index contributed by atoms with van der Waals surface area (Å²) in [7, 11) is 0. The van der Waals surface area contributed by atoms with E-state index in [4.69, 9.17) is 4.98 Å². The van der Waals surface area contributed by atoms with Crippen LogP contribution in [-0.2, 0) is 11.3 Å². The van der Waals surface area contributed by atoms with E-state index in [0.29, 0.717) is 19.1 Å². The van der Waals surface area contributed by atoms with E-state index in [1.54, 1.807) is 0 Å². The highest BCUT2D eigenvalue weighted by Crippen LogP contribution is 2.36. The fourth-order valence-electron chi connectivity index (χ4n) is 3.33. The van der Waals surface area contributed by atoms with Gasteiger partial charge in [0.05, 0.1) is 12.2 Å². The lowest BCUT2D eigenvalue weighted by Gasteiger charge is -2.32. The summed E-state index contributed by atoms with van der Waals surface area (Å²) < 4.78 is 0. The van der Waals surface area contributed by atoms with Crippen LogP contribution in [-0.4, -0.2) is 23.5 Å². The van der Waals surface area contributed by atoms with Crippen LogP contribution in [0.15, 0.2) is 36.4 Å². The second-order valence-corrected chi connectivity index (χ2v) is 7.09. The fourth-order valence-corrected chi connectivity index (χ4v) is 3.33. The molecule has 2 heterocycles. The Bertz CT molecular complexity index is 760. The largest absolute Gasteiger partial charge is 0.381 e. The highest BCUT2D eigenvalue weighted by Gasteiger charge is 2.26. The Labute approximate surface area is 155 Å². The second-order valence-electron chi connectivity index (χ2n) is 7.09. The van der Waals surface area contributed by atoms with Gasteiger partial charge in [-0.2, -0.15) is 0 Å². The molecule has 1 unspecified atom stereocenters. The van der Waals surface area contributed by atoms with E-state index in [2.05, 4.69) is 41.5 Å². The predicted molar refractivity (Wildman–Crippen MR) is 108 cm³/mol. The van der Waals surface area contributed by atoms with Crippen LogP contribution < -0.4 is 15.5 Å². The summed E-state index contributed by atoms with van der Waals surface area (Å²) in [5, 5.41) is 6.60. The van der Waals surface area contributed by atoms with Crippen molar-refractivity contribution in [3.63, 3.8) is 0 Å². The number of nitrogens with one attached hydrogen (secondary N) is 2. The fraction of sp³-hybridized carbons (Fsp3) is 0.429. The molecule has 1 aromatic carbocycles. The quantitative estimate of drug-likeness (QED) is 0.778. The third-order valence-corrected chi connectivity index (χ3v) is 4.64. The van der Waals surface area contributed by atoms with Crippen LogP contribution in [0.4, 0.5) is 17.2 Å². The van der Waals surface area contributed by atoms with Crippen molar-refractivity contribution in [3.05, 3.63) is 47.7 Å². The summed E-state index contributed by atoms with van der Waals surface area (Å²) in [6.45, 7) is 7.38. The number of benzene rings is 1. The van der Waals surface area contributed by atoms with E-state index < -0.39 is 0 Å². The number of aromatic nitrogens is 1. The van der Waals surface area contributed by atoms with Gasteiger partial charge in [-0.05, 0) is 31.9 Å². The summed E-state index contributed by atoms with van der Waals surface area (Å²) in [5.41, 5.74) is 3.87. The van der Waals surface area contributed by atoms with E-state index in [9.17, 15) is 4.79 Å². The van der Waals surface area contributed by atoms with Crippen molar-refractivity contribution in [2.24, 2.45) is 0 Å². The molecule has 5 nitrogen and oxygen atoms in total. The second kappa shape index (κ2) is 8.21. The lowest BCUT2D eigenvalue weighted by Crippen LogP contribution is -2.39. The molecule has 1 aliphatic heterocycles. The van der Waals surface area contributed by atoms with Crippen molar-refractivity contribution in [2.45, 2.75) is 52.6 Å². The number of unbranched alkanes of at least 4 members (excludes halogenated alkanes) is 1. The molecule has 0 fully saturated rings. The molecule has 0 radical (unpaired) electrons. The number of anilines is 3. The Morgan fingerprint density at radius 3 is 2.81 bits per heavy atom. The first-order chi connectivity index (χ1) is 12.6. The minimum absolute atomic E-state index is 0.00310. The van der Waals surface area contributed by atoms with E-state index in [1.165, 1.54) is 18.4 Å². The highest BCUT2D eigenvalue weighted by atomic mass is 16.2. The predicted octanol–water partition coefficient (Wildman–Crippen LogP) is 4.34. The van der Waals surface area contributed by atoms with Gasteiger partial charge in [0.2, 0.25) is 5.91 Å². The molecule has 26 heavy (non-hydrogen) atoms. The standard InChI is InChI=1S/C21H28N4O/c1-4-5-9-15(2)22-18-12-16(3)23-21-20(18)24-19(26)14-25(21)13-17-10-7-6-8-11-17/h6-8,10-12,15H,4-5,9,13-14H2,1-3H3,(H,22,23)(H,24,26). The van der Waals surface area contributed by atoms with Gasteiger partial charge in [0.15, 0.2) is 5.82 Å². The maximum Gasteiger partial charge on any atom is 0.244 e. The van der Waals surface area contributed by atoms with Gasteiger partial charge in [-0.3, -0.25) is 4.79 Å². The number of nitrogens with zero attached hydrogens (tertiary/aromatic N) is 2. The molecule has 1 amide bonds. The molecule has 0 aliphatic carbocycles. The van der Waals surface area contributed by atoms with Gasteiger partial charge < -0.3 is 15.5 Å². The molecule has 5 heteroatoms. The van der Waals surface area contributed by atoms with Gasteiger partial charge in [-0.1, -0.05) is 50.1 Å². The third-order valence-electron chi connectivity index (χ3n) is 4.64. The Morgan fingerprint density at radius 2 is 2.08 bits per heavy atom. The van der Waals surface area contributed by atoms with Crippen molar-refractivity contribution in [1.29, 1.82) is 0 Å². The summed E-state index contributed by atoms with van der Waals surface area (Å²) in [6, 6.07) is 12.6. The lowest BCUT2D eigenvalue weighted by atomic mass is 10.1. The molecule has 3 rings (SSSR count). The average molecular weight is 352 g/mol. The zero-order chi connectivity index (χ0) is 18.5. The van der Waals surface area contributed by atoms with E-state index in [-0.39, 0.29) is 5.91 Å². The molecule has 2 aromatic rings. The zero-order valence-corrected chi connectivity index (χ0v) is 15.9. The van der Waals surface area contributed by atoms with Crippen LogP contribution in [0, 0.1) is 6.92 Å². The first kappa shape index (κ1) is 18.2. The number of carbonyl (C=O) groups excluding carboxylic acids is 1. The molecule has 1 aromatic heterocycles. The molecule has 138 valence electrons. The maximum atomic E-state index is 12.3. The van der Waals surface area contributed by atoms with Gasteiger partial charge >= 0.3 is 0 Å². The van der Waals surface area contributed by atoms with Crippen LogP contribution in [0.1, 0.15) is 44.4 Å². The van der Waals surface area contributed by atoms with E-state index >= 15 is 0 Å². The monoisotopic (exact) mass is 352 g/mol. The number of amides is 1. The van der Waals surface area contributed by atoms with Gasteiger partial charge in [0.1, 0.15) is 5.69 Å². The third kappa shape index (κ3) is 4.34. The molecular formula is C21H28N4O. The Balaban J connectivity index is 1.89. The number of fused-ring (bicyclic) bond motifs is 1. The minimum Gasteiger partial charge on any atom is -0.381 e. The minimum atomic E-state index is 0.00310. The van der Waals surface area contributed by atoms with Gasteiger partial charge in [-0.15, -0.1) is 0 Å². The SMILES string of the molecule is CCCCC(C)Nc1cc(C)nc2c1NC(=O)CN2Cc1ccccc1. The van der Waals surface area contributed by atoms with Gasteiger partial charge in [-0.25, -0.2) is 4.98 Å². The number of hydrogen-bond acceptors (Lipinski definition) is 4. The van der Waals surface area contributed by atoms with Crippen molar-refractivity contribution >= 4 is 23.1 Å². The van der Waals surface area contributed by atoms with Crippen LogP contribution in [0.5, 0.6) is 0 Å². The number of rotatable bonds is 7. The highest BCUT2D eigenvalue weighted by molar-refractivity contribution is 6.04. The van der Waals surface area contributed by atoms with Crippen LogP contribution in [0.3, 0.4) is 0 Å². The van der Waals surface area contributed by atoms with E-state index in [1.807, 2.05) is 31.2 Å². The Morgan fingerprint density at radius 1 is 1.31 bits per heavy atom. The summed E-state index contributed by atoms with van der Waals surface area (Å²) >= 11 is 0. The summed E-state index contributed by atoms with van der Waals surface area (Å²) in [5.74, 6) is 0.849. The molecule has 0 saturated heterocycles. The molecule has 2 N–H and O–H groups in total. The van der Waals surface area contributed by atoms with Crippen molar-refractivity contribution < 1.29 is 4.79 Å². The molecule has 0 bridgehead atoms. The normalized spacial score (nSPS) is 14.6. The first-order valence-electron chi connectivity index (χ1n) is 9.43. The lowest BCUT2D eigenvalue weighted by molar-refractivity contribution is -0.115. The Kier molecular flexibility index (Phi) is 5.76. The summed E-state index contributed by atoms with van der Waals surface area (Å²) in [6.07, 6.45) is 3.47. The topological polar surface area (TPSA) is 57.3 Å². The molecule has 0 spiro atoms. The van der Waals surface area contributed by atoms with Crippen LogP contribution in [0.25, 0.3) is 0 Å². The summed E-state index contributed by atoms with van der Waals surface area (Å²) in [4.78, 5) is 19.1. The van der Waals surface area contributed by atoms with Gasteiger partial charge in [0.25, 0.3) is 0 Å². The van der Waals surface area contributed by atoms with Crippen molar-refractivity contribution in [2.75, 3.05) is 22.1 Å². The van der Waals surface area contributed by atoms with E-state index in [0.717, 1.165) is 29.3 Å². The zero-order valence-electron chi connectivity index (χ0n) is 15.9. The first-order valence-corrected chi connectivity index (χ1v) is 9.43. The van der Waals surface area contributed by atoms with Crippen LogP contribution >= 0.6 is 0 Å². The van der Waals surface area contributed by atoms with Gasteiger partial charge in [0, 0.05) is 18.3 Å². The smallest absolute Gasteiger partial charge is 0.244 e.